The number of imidazole rings is 1. The van der Waals surface area contributed by atoms with Crippen molar-refractivity contribution in [2.45, 2.75) is 70.4 Å². The van der Waals surface area contributed by atoms with Crippen LogP contribution in [-0.2, 0) is 29.0 Å². The summed E-state index contributed by atoms with van der Waals surface area (Å²) in [6.07, 6.45) is 5.67. The van der Waals surface area contributed by atoms with Gasteiger partial charge >= 0.3 is 12.1 Å². The van der Waals surface area contributed by atoms with E-state index < -0.39 is 17.7 Å². The predicted octanol–water partition coefficient (Wildman–Crippen LogP) is 5.53. The van der Waals surface area contributed by atoms with E-state index in [1.807, 2.05) is 10.6 Å². The number of carboxylic acids is 1. The molecule has 9 heteroatoms. The number of carbonyl (C=O) groups excluding carboxylic acids is 1. The Bertz CT molecular complexity index is 1380. The molecule has 2 aromatic carbocycles. The van der Waals surface area contributed by atoms with Crippen molar-refractivity contribution < 1.29 is 28.6 Å². The fourth-order valence-corrected chi connectivity index (χ4v) is 6.00. The third-order valence-electron chi connectivity index (χ3n) is 8.10. The van der Waals surface area contributed by atoms with E-state index in [9.17, 15) is 19.1 Å². The third-order valence-corrected chi connectivity index (χ3v) is 8.10. The minimum atomic E-state index is -1.06. The molecule has 1 unspecified atom stereocenters. The number of amides is 1. The van der Waals surface area contributed by atoms with Gasteiger partial charge in [0.15, 0.2) is 0 Å². The molecule has 1 aliphatic carbocycles. The van der Waals surface area contributed by atoms with Gasteiger partial charge in [-0.1, -0.05) is 25.3 Å². The summed E-state index contributed by atoms with van der Waals surface area (Å²) in [5, 5.41) is 10.3. The average Bonchev–Trinajstić information content (AvgIpc) is 3.31. The first-order valence-corrected chi connectivity index (χ1v) is 13.2. The molecule has 0 saturated heterocycles. The van der Waals surface area contributed by atoms with Crippen LogP contribution < -0.4 is 4.74 Å². The second-order valence-electron chi connectivity index (χ2n) is 10.4. The first-order chi connectivity index (χ1) is 18.3. The van der Waals surface area contributed by atoms with Crippen LogP contribution in [0.2, 0.25) is 0 Å². The molecule has 3 aromatic rings. The van der Waals surface area contributed by atoms with E-state index in [1.54, 1.807) is 17.9 Å². The van der Waals surface area contributed by atoms with Gasteiger partial charge in [0, 0.05) is 30.1 Å². The van der Waals surface area contributed by atoms with E-state index in [-0.39, 0.29) is 18.6 Å². The molecular formula is C29H34FN3O5. The molecule has 5 rings (SSSR count). The van der Waals surface area contributed by atoms with Crippen LogP contribution in [0.15, 0.2) is 24.3 Å². The lowest BCUT2D eigenvalue weighted by Crippen LogP contribution is -2.35. The third kappa shape index (κ3) is 4.70. The Morgan fingerprint density at radius 3 is 2.63 bits per heavy atom. The number of aliphatic carboxylic acids is 1. The van der Waals surface area contributed by atoms with Gasteiger partial charge in [-0.3, -0.25) is 4.79 Å². The molecule has 2 heterocycles. The number of hydrogen-bond acceptors (Lipinski definition) is 5. The summed E-state index contributed by atoms with van der Waals surface area (Å²) in [5.41, 5.74) is 4.42. The van der Waals surface area contributed by atoms with Crippen molar-refractivity contribution in [1.29, 1.82) is 0 Å². The predicted molar refractivity (Wildman–Crippen MR) is 140 cm³/mol. The van der Waals surface area contributed by atoms with Crippen LogP contribution >= 0.6 is 0 Å². The van der Waals surface area contributed by atoms with Crippen LogP contribution in [0.1, 0.15) is 72.0 Å². The molecule has 1 saturated carbocycles. The molecule has 1 aliphatic heterocycles. The number of hydrogen-bond donors (Lipinski definition) is 1. The minimum absolute atomic E-state index is 0.0933. The molecule has 38 heavy (non-hydrogen) atoms. The summed E-state index contributed by atoms with van der Waals surface area (Å²) < 4.78 is 27.1. The number of benzene rings is 2. The molecule has 1 aromatic heterocycles. The Kier molecular flexibility index (Phi) is 7.27. The number of rotatable bonds is 6. The topological polar surface area (TPSA) is 93.9 Å². The molecule has 8 nitrogen and oxygen atoms in total. The van der Waals surface area contributed by atoms with Gasteiger partial charge in [0.2, 0.25) is 0 Å². The number of carbonyl (C=O) groups is 2. The Labute approximate surface area is 221 Å². The maximum absolute atomic E-state index is 14.6. The summed E-state index contributed by atoms with van der Waals surface area (Å²) in [6, 6.07) is 6.89. The summed E-state index contributed by atoms with van der Waals surface area (Å²) in [6.45, 7) is 2.68. The molecule has 1 atom stereocenters. The van der Waals surface area contributed by atoms with Gasteiger partial charge in [-0.25, -0.2) is 14.2 Å². The van der Waals surface area contributed by atoms with Crippen LogP contribution in [0.3, 0.4) is 0 Å². The van der Waals surface area contributed by atoms with Gasteiger partial charge < -0.3 is 24.0 Å². The van der Waals surface area contributed by atoms with Crippen molar-refractivity contribution in [3.05, 3.63) is 58.2 Å². The Morgan fingerprint density at radius 1 is 1.18 bits per heavy atom. The average molecular weight is 524 g/mol. The normalized spacial score (nSPS) is 16.8. The molecule has 0 bridgehead atoms. The summed E-state index contributed by atoms with van der Waals surface area (Å²) in [5.74, 6) is -1.14. The van der Waals surface area contributed by atoms with Crippen LogP contribution in [-0.4, -0.2) is 52.4 Å². The van der Waals surface area contributed by atoms with Gasteiger partial charge in [-0.05, 0) is 55.5 Å². The van der Waals surface area contributed by atoms with Gasteiger partial charge in [0.1, 0.15) is 23.3 Å². The molecule has 0 radical (unpaired) electrons. The fraction of sp³-hybridized carbons (Fsp3) is 0.483. The minimum Gasteiger partial charge on any atom is -0.496 e. The first-order valence-electron chi connectivity index (χ1n) is 13.2. The van der Waals surface area contributed by atoms with Crippen molar-refractivity contribution in [3.8, 4) is 5.75 Å². The zero-order chi connectivity index (χ0) is 27.0. The number of aryl methyl sites for hydroxylation is 1. The molecule has 2 aliphatic rings. The first kappa shape index (κ1) is 26.0. The van der Waals surface area contributed by atoms with Crippen LogP contribution in [0.4, 0.5) is 9.18 Å². The monoisotopic (exact) mass is 523 g/mol. The Hall–Kier alpha value is -3.62. The van der Waals surface area contributed by atoms with Gasteiger partial charge in [-0.2, -0.15) is 0 Å². The number of methoxy groups -OCH3 is 2. The maximum atomic E-state index is 14.6. The maximum Gasteiger partial charge on any atom is 0.409 e. The van der Waals surface area contributed by atoms with E-state index in [1.165, 1.54) is 26.7 Å². The summed E-state index contributed by atoms with van der Waals surface area (Å²) in [4.78, 5) is 31.7. The number of aromatic nitrogens is 2. The van der Waals surface area contributed by atoms with E-state index in [4.69, 9.17) is 14.5 Å². The quantitative estimate of drug-likeness (QED) is 0.456. The number of ether oxygens (including phenoxy) is 2. The van der Waals surface area contributed by atoms with Crippen LogP contribution in [0.25, 0.3) is 11.0 Å². The molecule has 202 valence electrons. The summed E-state index contributed by atoms with van der Waals surface area (Å²) in [7, 11) is 2.84. The van der Waals surface area contributed by atoms with Crippen molar-refractivity contribution in [3.63, 3.8) is 0 Å². The lowest BCUT2D eigenvalue weighted by atomic mass is 9.88. The van der Waals surface area contributed by atoms with Crippen molar-refractivity contribution >= 4 is 23.1 Å². The lowest BCUT2D eigenvalue weighted by Gasteiger charge is -2.27. The second-order valence-corrected chi connectivity index (χ2v) is 10.4. The van der Waals surface area contributed by atoms with Crippen molar-refractivity contribution in [1.82, 2.24) is 14.5 Å². The molecule has 1 fully saturated rings. The van der Waals surface area contributed by atoms with Crippen LogP contribution in [0.5, 0.6) is 5.75 Å². The highest BCUT2D eigenvalue weighted by molar-refractivity contribution is 5.83. The Morgan fingerprint density at radius 2 is 1.95 bits per heavy atom. The van der Waals surface area contributed by atoms with Gasteiger partial charge in [0.05, 0.1) is 31.8 Å². The van der Waals surface area contributed by atoms with Gasteiger partial charge in [0.25, 0.3) is 0 Å². The lowest BCUT2D eigenvalue weighted by molar-refractivity contribution is -0.139. The van der Waals surface area contributed by atoms with E-state index in [2.05, 4.69) is 6.07 Å². The summed E-state index contributed by atoms with van der Waals surface area (Å²) >= 11 is 0. The number of fused-ring (bicyclic) bond motifs is 3. The number of nitrogens with zero attached hydrogens (tertiary/aromatic N) is 3. The van der Waals surface area contributed by atoms with Crippen molar-refractivity contribution in [2.75, 3.05) is 20.8 Å². The highest BCUT2D eigenvalue weighted by Gasteiger charge is 2.32. The smallest absolute Gasteiger partial charge is 0.409 e. The van der Waals surface area contributed by atoms with Gasteiger partial charge in [-0.15, -0.1) is 0 Å². The van der Waals surface area contributed by atoms with Crippen LogP contribution in [0, 0.1) is 12.7 Å². The highest BCUT2D eigenvalue weighted by Crippen LogP contribution is 2.38. The molecule has 1 amide bonds. The molecule has 1 N–H and O–H groups in total. The second kappa shape index (κ2) is 10.6. The van der Waals surface area contributed by atoms with E-state index in [0.717, 1.165) is 53.7 Å². The molecule has 0 spiro atoms. The highest BCUT2D eigenvalue weighted by atomic mass is 19.1. The SMILES string of the molecule is COC(=O)N1CCc2ccc3c(nc(C4CCCCC4)n3CC(C(=O)O)c3cc(F)c(C)cc3OC)c2C1. The number of carboxylic acid groups (broad SMARTS) is 1. The Balaban J connectivity index is 1.65. The number of halogens is 1. The fourth-order valence-electron chi connectivity index (χ4n) is 6.00. The van der Waals surface area contributed by atoms with E-state index in [0.29, 0.717) is 36.4 Å². The molecular weight excluding hydrogens is 489 g/mol. The largest absolute Gasteiger partial charge is 0.496 e. The zero-order valence-corrected chi connectivity index (χ0v) is 22.1. The zero-order valence-electron chi connectivity index (χ0n) is 22.1. The standard InChI is InChI=1S/C29H34FN3O5/c1-17-13-25(37-2)20(14-23(17)30)22(28(34)35)16-33-24-10-9-18-11-12-32(29(36)38-3)15-21(18)26(24)31-27(33)19-7-5-4-6-8-19/h9-10,13-14,19,22H,4-8,11-12,15-16H2,1-3H3,(H,34,35). The van der Waals surface area contributed by atoms with Crippen molar-refractivity contribution in [2.24, 2.45) is 0 Å². The van der Waals surface area contributed by atoms with E-state index >= 15 is 0 Å².